The van der Waals surface area contributed by atoms with Crippen molar-refractivity contribution in [3.05, 3.63) is 39.3 Å². The second kappa shape index (κ2) is 5.71. The first kappa shape index (κ1) is 14.7. The average molecular weight is 291 g/mol. The van der Waals surface area contributed by atoms with E-state index in [1.54, 1.807) is 23.6 Å². The van der Waals surface area contributed by atoms with E-state index < -0.39 is 0 Å². The van der Waals surface area contributed by atoms with Crippen molar-refractivity contribution in [2.75, 3.05) is 5.73 Å². The molecular formula is C15H21N3OS. The van der Waals surface area contributed by atoms with Gasteiger partial charge in [-0.2, -0.15) is 0 Å². The van der Waals surface area contributed by atoms with Gasteiger partial charge in [-0.1, -0.05) is 0 Å². The highest BCUT2D eigenvalue weighted by atomic mass is 32.1. The summed E-state index contributed by atoms with van der Waals surface area (Å²) in [6.45, 7) is 8.90. The first-order valence-corrected chi connectivity index (χ1v) is 7.57. The maximum atomic E-state index is 12.4. The quantitative estimate of drug-likeness (QED) is 0.908. The molecule has 2 aromatic rings. The number of nitrogen functional groups attached to an aromatic ring is 1. The lowest BCUT2D eigenvalue weighted by Crippen LogP contribution is -2.28. The molecule has 0 aromatic carbocycles. The number of hydrogen-bond donors (Lipinski definition) is 2. The normalized spacial score (nSPS) is 12.4. The molecule has 2 heterocycles. The van der Waals surface area contributed by atoms with Crippen LogP contribution in [-0.2, 0) is 6.54 Å². The van der Waals surface area contributed by atoms with Crippen LogP contribution in [0.4, 0.5) is 5.69 Å². The monoisotopic (exact) mass is 291 g/mol. The minimum atomic E-state index is -0.0840. The Labute approximate surface area is 123 Å². The summed E-state index contributed by atoms with van der Waals surface area (Å²) in [5.74, 6) is -0.0840. The fourth-order valence-electron chi connectivity index (χ4n) is 2.41. The van der Waals surface area contributed by atoms with Gasteiger partial charge in [0.15, 0.2) is 0 Å². The molecule has 0 fully saturated rings. The van der Waals surface area contributed by atoms with Crippen LogP contribution in [0, 0.1) is 13.8 Å². The Morgan fingerprint density at radius 3 is 2.70 bits per heavy atom. The number of aryl methyl sites for hydroxylation is 3. The Morgan fingerprint density at radius 1 is 1.45 bits per heavy atom. The van der Waals surface area contributed by atoms with Gasteiger partial charge in [0.1, 0.15) is 5.69 Å². The number of carbonyl (C=O) groups is 1. The maximum Gasteiger partial charge on any atom is 0.268 e. The minimum Gasteiger partial charge on any atom is -0.397 e. The van der Waals surface area contributed by atoms with Crippen LogP contribution in [0.5, 0.6) is 0 Å². The standard InChI is InChI=1S/C15H21N3OS/c1-5-18-8-12(16)7-14(18)15(19)17-10(3)13-6-9(2)20-11(13)4/h6-8,10H,5,16H2,1-4H3,(H,17,19). The van der Waals surface area contributed by atoms with Crippen LogP contribution in [0.2, 0.25) is 0 Å². The zero-order valence-electron chi connectivity index (χ0n) is 12.4. The SMILES string of the molecule is CCn1cc(N)cc1C(=O)NC(C)c1cc(C)sc1C. The third kappa shape index (κ3) is 2.88. The third-order valence-electron chi connectivity index (χ3n) is 3.38. The molecule has 0 spiro atoms. The second-order valence-corrected chi connectivity index (χ2v) is 6.47. The van der Waals surface area contributed by atoms with Crippen molar-refractivity contribution in [2.24, 2.45) is 0 Å². The number of carbonyl (C=O) groups excluding carboxylic acids is 1. The van der Waals surface area contributed by atoms with Crippen molar-refractivity contribution in [1.82, 2.24) is 9.88 Å². The second-order valence-electron chi connectivity index (χ2n) is 5.01. The summed E-state index contributed by atoms with van der Waals surface area (Å²) in [6, 6.07) is 3.85. The van der Waals surface area contributed by atoms with Gasteiger partial charge < -0.3 is 15.6 Å². The number of aromatic nitrogens is 1. The zero-order valence-corrected chi connectivity index (χ0v) is 13.2. The minimum absolute atomic E-state index is 0.00567. The molecule has 108 valence electrons. The number of nitrogens with zero attached hydrogens (tertiary/aromatic N) is 1. The highest BCUT2D eigenvalue weighted by molar-refractivity contribution is 7.12. The first-order valence-electron chi connectivity index (χ1n) is 6.75. The van der Waals surface area contributed by atoms with Crippen molar-refractivity contribution in [3.8, 4) is 0 Å². The molecule has 1 amide bonds. The van der Waals surface area contributed by atoms with Crippen molar-refractivity contribution < 1.29 is 4.79 Å². The third-order valence-corrected chi connectivity index (χ3v) is 4.37. The molecule has 0 aliphatic rings. The summed E-state index contributed by atoms with van der Waals surface area (Å²) in [4.78, 5) is 14.9. The Morgan fingerprint density at radius 2 is 2.15 bits per heavy atom. The van der Waals surface area contributed by atoms with Crippen LogP contribution in [0.1, 0.15) is 45.7 Å². The summed E-state index contributed by atoms with van der Waals surface area (Å²) in [5, 5.41) is 3.05. The van der Waals surface area contributed by atoms with Crippen molar-refractivity contribution in [2.45, 2.75) is 40.3 Å². The highest BCUT2D eigenvalue weighted by Gasteiger charge is 2.17. The van der Waals surface area contributed by atoms with Gasteiger partial charge in [0.05, 0.1) is 11.7 Å². The van der Waals surface area contributed by atoms with E-state index >= 15 is 0 Å². The summed E-state index contributed by atoms with van der Waals surface area (Å²) in [5.41, 5.74) is 8.18. The Bertz CT molecular complexity index is 627. The molecule has 0 aliphatic carbocycles. The summed E-state index contributed by atoms with van der Waals surface area (Å²) < 4.78 is 1.86. The van der Waals surface area contributed by atoms with Gasteiger partial charge >= 0.3 is 0 Å². The molecule has 1 unspecified atom stereocenters. The van der Waals surface area contributed by atoms with E-state index in [1.807, 2.05) is 18.4 Å². The van der Waals surface area contributed by atoms with Gasteiger partial charge in [-0.05, 0) is 45.4 Å². The average Bonchev–Trinajstić information content (AvgIpc) is 2.91. The van der Waals surface area contributed by atoms with Crippen molar-refractivity contribution in [3.63, 3.8) is 0 Å². The Hall–Kier alpha value is -1.75. The molecule has 2 rings (SSSR count). The zero-order chi connectivity index (χ0) is 14.9. The molecular weight excluding hydrogens is 270 g/mol. The molecule has 0 saturated carbocycles. The fourth-order valence-corrected chi connectivity index (χ4v) is 3.44. The lowest BCUT2D eigenvalue weighted by molar-refractivity contribution is 0.0930. The fraction of sp³-hybridized carbons (Fsp3) is 0.400. The molecule has 5 heteroatoms. The van der Waals surface area contributed by atoms with Gasteiger partial charge in [0.2, 0.25) is 0 Å². The van der Waals surface area contributed by atoms with Gasteiger partial charge in [-0.3, -0.25) is 4.79 Å². The molecule has 20 heavy (non-hydrogen) atoms. The van der Waals surface area contributed by atoms with Crippen LogP contribution in [0.3, 0.4) is 0 Å². The van der Waals surface area contributed by atoms with E-state index in [4.69, 9.17) is 5.73 Å². The number of hydrogen-bond acceptors (Lipinski definition) is 3. The van der Waals surface area contributed by atoms with Crippen molar-refractivity contribution in [1.29, 1.82) is 0 Å². The Kier molecular flexibility index (Phi) is 4.18. The smallest absolute Gasteiger partial charge is 0.268 e. The van der Waals surface area contributed by atoms with E-state index in [0.717, 1.165) is 6.54 Å². The van der Waals surface area contributed by atoms with E-state index in [9.17, 15) is 4.79 Å². The predicted octanol–water partition coefficient (Wildman–Crippen LogP) is 3.26. The number of nitrogens with two attached hydrogens (primary N) is 1. The lowest BCUT2D eigenvalue weighted by atomic mass is 10.1. The summed E-state index contributed by atoms with van der Waals surface area (Å²) >= 11 is 1.76. The Balaban J connectivity index is 2.17. The van der Waals surface area contributed by atoms with E-state index in [2.05, 4.69) is 25.2 Å². The number of nitrogens with one attached hydrogen (secondary N) is 1. The predicted molar refractivity (Wildman–Crippen MR) is 84.2 cm³/mol. The van der Waals surface area contributed by atoms with Gasteiger partial charge in [-0.15, -0.1) is 11.3 Å². The summed E-state index contributed by atoms with van der Waals surface area (Å²) in [6.07, 6.45) is 1.79. The molecule has 1 atom stereocenters. The molecule has 3 N–H and O–H groups in total. The number of rotatable bonds is 4. The van der Waals surface area contributed by atoms with Crippen LogP contribution in [0.15, 0.2) is 18.3 Å². The van der Waals surface area contributed by atoms with Gasteiger partial charge in [0.25, 0.3) is 5.91 Å². The van der Waals surface area contributed by atoms with Crippen LogP contribution in [-0.4, -0.2) is 10.5 Å². The molecule has 0 bridgehead atoms. The largest absolute Gasteiger partial charge is 0.397 e. The summed E-state index contributed by atoms with van der Waals surface area (Å²) in [7, 11) is 0. The number of amides is 1. The van der Waals surface area contributed by atoms with Crippen LogP contribution >= 0.6 is 11.3 Å². The molecule has 0 saturated heterocycles. The van der Waals surface area contributed by atoms with E-state index in [-0.39, 0.29) is 11.9 Å². The van der Waals surface area contributed by atoms with Crippen molar-refractivity contribution >= 4 is 22.9 Å². The molecule has 0 aliphatic heterocycles. The van der Waals surface area contributed by atoms with Gasteiger partial charge in [0, 0.05) is 22.5 Å². The maximum absolute atomic E-state index is 12.4. The van der Waals surface area contributed by atoms with Crippen LogP contribution in [0.25, 0.3) is 0 Å². The number of thiophene rings is 1. The highest BCUT2D eigenvalue weighted by Crippen LogP contribution is 2.26. The lowest BCUT2D eigenvalue weighted by Gasteiger charge is -2.14. The molecule has 0 radical (unpaired) electrons. The molecule has 2 aromatic heterocycles. The van der Waals surface area contributed by atoms with Crippen LogP contribution < -0.4 is 11.1 Å². The first-order chi connectivity index (χ1) is 9.42. The topological polar surface area (TPSA) is 60.0 Å². The van der Waals surface area contributed by atoms with E-state index in [1.165, 1.54) is 15.3 Å². The van der Waals surface area contributed by atoms with E-state index in [0.29, 0.717) is 11.4 Å². The van der Waals surface area contributed by atoms with Gasteiger partial charge in [-0.25, -0.2) is 0 Å². The number of anilines is 1. The molecule has 4 nitrogen and oxygen atoms in total.